The first kappa shape index (κ1) is 12.9. The van der Waals surface area contributed by atoms with Crippen LogP contribution in [0.2, 0.25) is 0 Å². The third kappa shape index (κ3) is 3.22. The Morgan fingerprint density at radius 3 is 2.94 bits per heavy atom. The predicted molar refractivity (Wildman–Crippen MR) is 70.9 cm³/mol. The molecule has 1 aliphatic rings. The molecule has 1 aromatic heterocycles. The van der Waals surface area contributed by atoms with Crippen LogP contribution in [0.1, 0.15) is 50.0 Å². The van der Waals surface area contributed by atoms with Crippen LogP contribution in [0.15, 0.2) is 18.2 Å². The number of aromatic nitrogens is 1. The van der Waals surface area contributed by atoms with Gasteiger partial charge in [0.25, 0.3) is 0 Å². The van der Waals surface area contributed by atoms with Gasteiger partial charge in [-0.1, -0.05) is 26.3 Å². The molecule has 1 heterocycles. The van der Waals surface area contributed by atoms with E-state index in [4.69, 9.17) is 5.11 Å². The number of hydrogen-bond donors (Lipinski definition) is 2. The Morgan fingerprint density at radius 2 is 2.28 bits per heavy atom. The number of aromatic carboxylic acids is 1. The van der Waals surface area contributed by atoms with Crippen LogP contribution in [0.4, 0.5) is 5.82 Å². The van der Waals surface area contributed by atoms with Gasteiger partial charge in [-0.3, -0.25) is 0 Å². The number of nitrogens with one attached hydrogen (secondary N) is 1. The van der Waals surface area contributed by atoms with E-state index in [0.717, 1.165) is 12.8 Å². The first-order chi connectivity index (χ1) is 8.46. The van der Waals surface area contributed by atoms with Gasteiger partial charge in [-0.05, 0) is 36.8 Å². The fraction of sp³-hybridized carbons (Fsp3) is 0.571. The molecule has 1 aromatic rings. The fourth-order valence-corrected chi connectivity index (χ4v) is 2.66. The van der Waals surface area contributed by atoms with Crippen molar-refractivity contribution < 1.29 is 9.90 Å². The van der Waals surface area contributed by atoms with Crippen LogP contribution in [-0.4, -0.2) is 22.1 Å². The summed E-state index contributed by atoms with van der Waals surface area (Å²) in [4.78, 5) is 15.0. The van der Waals surface area contributed by atoms with Crippen LogP contribution in [0.25, 0.3) is 0 Å². The van der Waals surface area contributed by atoms with Crippen molar-refractivity contribution in [3.63, 3.8) is 0 Å². The molecule has 4 nitrogen and oxygen atoms in total. The van der Waals surface area contributed by atoms with E-state index in [-0.39, 0.29) is 5.69 Å². The quantitative estimate of drug-likeness (QED) is 0.862. The maximum atomic E-state index is 10.9. The highest BCUT2D eigenvalue weighted by Gasteiger charge is 2.27. The van der Waals surface area contributed by atoms with Crippen molar-refractivity contribution in [3.05, 3.63) is 23.9 Å². The molecule has 2 N–H and O–H groups in total. The SMILES string of the molecule is CC1(C)CCCC(Nc2cccc(C(=O)O)n2)C1. The van der Waals surface area contributed by atoms with Crippen molar-refractivity contribution in [1.29, 1.82) is 0 Å². The summed E-state index contributed by atoms with van der Waals surface area (Å²) < 4.78 is 0. The topological polar surface area (TPSA) is 62.2 Å². The van der Waals surface area contributed by atoms with E-state index in [0.29, 0.717) is 17.3 Å². The van der Waals surface area contributed by atoms with E-state index < -0.39 is 5.97 Å². The number of rotatable bonds is 3. The summed E-state index contributed by atoms with van der Waals surface area (Å²) in [6.07, 6.45) is 4.70. The molecule has 1 saturated carbocycles. The van der Waals surface area contributed by atoms with Gasteiger partial charge < -0.3 is 10.4 Å². The van der Waals surface area contributed by atoms with Crippen molar-refractivity contribution in [1.82, 2.24) is 4.98 Å². The summed E-state index contributed by atoms with van der Waals surface area (Å²) in [6.45, 7) is 4.56. The van der Waals surface area contributed by atoms with Gasteiger partial charge in [-0.25, -0.2) is 9.78 Å². The van der Waals surface area contributed by atoms with Gasteiger partial charge in [0.2, 0.25) is 0 Å². The van der Waals surface area contributed by atoms with Gasteiger partial charge >= 0.3 is 5.97 Å². The number of anilines is 1. The molecular weight excluding hydrogens is 228 g/mol. The number of carboxylic acids is 1. The molecule has 2 rings (SSSR count). The minimum absolute atomic E-state index is 0.0927. The van der Waals surface area contributed by atoms with Crippen LogP contribution in [0.3, 0.4) is 0 Å². The molecule has 0 bridgehead atoms. The standard InChI is InChI=1S/C14H20N2O2/c1-14(2)8-4-5-10(9-14)15-12-7-3-6-11(16-12)13(17)18/h3,6-7,10H,4-5,8-9H2,1-2H3,(H,15,16)(H,17,18). The van der Waals surface area contributed by atoms with Crippen molar-refractivity contribution in [2.24, 2.45) is 5.41 Å². The summed E-state index contributed by atoms with van der Waals surface area (Å²) in [5, 5.41) is 12.3. The van der Waals surface area contributed by atoms with Gasteiger partial charge in [0.05, 0.1) is 0 Å². The molecule has 0 saturated heterocycles. The zero-order chi connectivity index (χ0) is 13.2. The van der Waals surface area contributed by atoms with E-state index in [1.165, 1.54) is 18.9 Å². The maximum absolute atomic E-state index is 10.9. The summed E-state index contributed by atoms with van der Waals surface area (Å²) in [5.74, 6) is -0.319. The molecule has 0 aliphatic heterocycles. The Labute approximate surface area is 107 Å². The van der Waals surface area contributed by atoms with E-state index in [9.17, 15) is 4.79 Å². The zero-order valence-corrected chi connectivity index (χ0v) is 10.9. The number of hydrogen-bond acceptors (Lipinski definition) is 3. The third-order valence-electron chi connectivity index (χ3n) is 3.53. The van der Waals surface area contributed by atoms with E-state index in [2.05, 4.69) is 24.1 Å². The summed E-state index contributed by atoms with van der Waals surface area (Å²) in [6, 6.07) is 5.46. The molecule has 1 fully saturated rings. The van der Waals surface area contributed by atoms with Crippen molar-refractivity contribution >= 4 is 11.8 Å². The summed E-state index contributed by atoms with van der Waals surface area (Å²) in [7, 11) is 0. The Kier molecular flexibility index (Phi) is 3.55. The van der Waals surface area contributed by atoms with Crippen LogP contribution in [-0.2, 0) is 0 Å². The van der Waals surface area contributed by atoms with Crippen molar-refractivity contribution in [2.45, 2.75) is 45.6 Å². The fourth-order valence-electron chi connectivity index (χ4n) is 2.66. The van der Waals surface area contributed by atoms with Gasteiger partial charge in [-0.15, -0.1) is 0 Å². The molecule has 4 heteroatoms. The van der Waals surface area contributed by atoms with Crippen LogP contribution in [0, 0.1) is 5.41 Å². The minimum atomic E-state index is -0.984. The van der Waals surface area contributed by atoms with Crippen LogP contribution < -0.4 is 5.32 Å². The average Bonchev–Trinajstić information content (AvgIpc) is 2.28. The lowest BCUT2D eigenvalue weighted by molar-refractivity contribution is 0.0690. The number of pyridine rings is 1. The first-order valence-corrected chi connectivity index (χ1v) is 6.43. The second-order valence-electron chi connectivity index (χ2n) is 5.82. The highest BCUT2D eigenvalue weighted by atomic mass is 16.4. The Balaban J connectivity index is 2.05. The second kappa shape index (κ2) is 4.96. The molecule has 1 unspecified atom stereocenters. The largest absolute Gasteiger partial charge is 0.477 e. The minimum Gasteiger partial charge on any atom is -0.477 e. The van der Waals surface area contributed by atoms with Crippen LogP contribution in [0.5, 0.6) is 0 Å². The Hall–Kier alpha value is -1.58. The van der Waals surface area contributed by atoms with Crippen molar-refractivity contribution in [3.8, 4) is 0 Å². The smallest absolute Gasteiger partial charge is 0.354 e. The molecule has 18 heavy (non-hydrogen) atoms. The lowest BCUT2D eigenvalue weighted by atomic mass is 9.75. The molecular formula is C14H20N2O2. The molecule has 0 radical (unpaired) electrons. The predicted octanol–water partition coefficient (Wildman–Crippen LogP) is 3.16. The molecule has 0 spiro atoms. The van der Waals surface area contributed by atoms with Gasteiger partial charge in [0.15, 0.2) is 5.69 Å². The maximum Gasteiger partial charge on any atom is 0.354 e. The molecule has 98 valence electrons. The van der Waals surface area contributed by atoms with Gasteiger partial charge in [0.1, 0.15) is 5.82 Å². The van der Waals surface area contributed by atoms with E-state index in [1.54, 1.807) is 6.07 Å². The first-order valence-electron chi connectivity index (χ1n) is 6.43. The number of nitrogens with zero attached hydrogens (tertiary/aromatic N) is 1. The zero-order valence-electron chi connectivity index (χ0n) is 10.9. The highest BCUT2D eigenvalue weighted by molar-refractivity contribution is 5.85. The van der Waals surface area contributed by atoms with Crippen molar-refractivity contribution in [2.75, 3.05) is 5.32 Å². The lowest BCUT2D eigenvalue weighted by Crippen LogP contribution is -2.32. The third-order valence-corrected chi connectivity index (χ3v) is 3.53. The van der Waals surface area contributed by atoms with Gasteiger partial charge in [0, 0.05) is 6.04 Å². The highest BCUT2D eigenvalue weighted by Crippen LogP contribution is 2.36. The lowest BCUT2D eigenvalue weighted by Gasteiger charge is -2.35. The monoisotopic (exact) mass is 248 g/mol. The van der Waals surface area contributed by atoms with Gasteiger partial charge in [-0.2, -0.15) is 0 Å². The Bertz CT molecular complexity index is 443. The number of carbonyl (C=O) groups is 1. The normalized spacial score (nSPS) is 22.4. The molecule has 1 aliphatic carbocycles. The summed E-state index contributed by atoms with van der Waals surface area (Å²) in [5.41, 5.74) is 0.454. The number of carboxylic acid groups (broad SMARTS) is 1. The molecule has 0 aromatic carbocycles. The molecule has 1 atom stereocenters. The van der Waals surface area contributed by atoms with E-state index >= 15 is 0 Å². The van der Waals surface area contributed by atoms with Crippen LogP contribution >= 0.6 is 0 Å². The Morgan fingerprint density at radius 1 is 1.50 bits per heavy atom. The molecule has 0 amide bonds. The average molecular weight is 248 g/mol. The van der Waals surface area contributed by atoms with E-state index in [1.807, 2.05) is 6.07 Å². The second-order valence-corrected chi connectivity index (χ2v) is 5.82. The summed E-state index contributed by atoms with van der Waals surface area (Å²) >= 11 is 0.